The summed E-state index contributed by atoms with van der Waals surface area (Å²) in [4.78, 5) is 37.1. The van der Waals surface area contributed by atoms with Gasteiger partial charge in [-0.15, -0.1) is 0 Å². The molecule has 0 fully saturated rings. The molecule has 8 heteroatoms. The van der Waals surface area contributed by atoms with E-state index in [1.165, 1.54) is 148 Å². The van der Waals surface area contributed by atoms with Crippen LogP contribution in [0.25, 0.3) is 0 Å². The number of carbonyl (C=O) groups excluding carboxylic acids is 2. The third-order valence-corrected chi connectivity index (χ3v) is 11.5. The van der Waals surface area contributed by atoms with E-state index in [0.29, 0.717) is 19.3 Å². The lowest BCUT2D eigenvalue weighted by Crippen LogP contribution is -2.50. The number of aliphatic carboxylic acids is 1. The minimum Gasteiger partial charge on any atom is -0.477 e. The third-order valence-electron chi connectivity index (χ3n) is 11.5. The van der Waals surface area contributed by atoms with Crippen LogP contribution >= 0.6 is 0 Å². The Labute approximate surface area is 376 Å². The smallest absolute Gasteiger partial charge is 0.362 e. The molecule has 0 aromatic heterocycles. The lowest BCUT2D eigenvalue weighted by Gasteiger charge is -2.31. The van der Waals surface area contributed by atoms with Crippen molar-refractivity contribution >= 4 is 17.9 Å². The van der Waals surface area contributed by atoms with Crippen LogP contribution in [-0.4, -0.2) is 80.6 Å². The van der Waals surface area contributed by atoms with Crippen molar-refractivity contribution in [1.82, 2.24) is 0 Å². The first-order valence-corrected chi connectivity index (χ1v) is 25.5. The number of esters is 2. The number of ether oxygens (including phenoxy) is 3. The van der Waals surface area contributed by atoms with Crippen molar-refractivity contribution in [2.75, 3.05) is 41.0 Å². The molecule has 0 rings (SSSR count). The minimum absolute atomic E-state index is 0.0542. The molecule has 356 valence electrons. The van der Waals surface area contributed by atoms with Crippen LogP contribution in [0.1, 0.15) is 232 Å². The zero-order valence-electron chi connectivity index (χ0n) is 40.6. The molecule has 0 amide bonds. The molecule has 8 nitrogen and oxygen atoms in total. The number of nitrogens with zero attached hydrogens (tertiary/aromatic N) is 1. The first-order chi connectivity index (χ1) is 29.6. The van der Waals surface area contributed by atoms with Gasteiger partial charge in [0.25, 0.3) is 0 Å². The maximum absolute atomic E-state index is 12.8. The highest BCUT2D eigenvalue weighted by Gasteiger charge is 2.31. The fourth-order valence-corrected chi connectivity index (χ4v) is 7.55. The number of likely N-dealkylation sites (N-methyl/N-ethyl adjacent to an activating group) is 1. The zero-order valence-corrected chi connectivity index (χ0v) is 40.6. The fraction of sp³-hybridized carbons (Fsp3) is 0.830. The molecule has 0 bridgehead atoms. The first-order valence-electron chi connectivity index (χ1n) is 25.5. The summed E-state index contributed by atoms with van der Waals surface area (Å²) in [5.74, 6) is -1.47. The van der Waals surface area contributed by atoms with Crippen LogP contribution in [0.3, 0.4) is 0 Å². The monoisotopic (exact) mass is 861 g/mol. The molecule has 0 heterocycles. The van der Waals surface area contributed by atoms with E-state index in [1.807, 2.05) is 21.1 Å². The third kappa shape index (κ3) is 42.6. The summed E-state index contributed by atoms with van der Waals surface area (Å²) in [5.41, 5.74) is 0. The van der Waals surface area contributed by atoms with Gasteiger partial charge in [0, 0.05) is 19.3 Å². The van der Waals surface area contributed by atoms with E-state index in [-0.39, 0.29) is 36.2 Å². The van der Waals surface area contributed by atoms with Crippen molar-refractivity contribution in [1.29, 1.82) is 0 Å². The van der Waals surface area contributed by atoms with Crippen LogP contribution in [0.4, 0.5) is 0 Å². The van der Waals surface area contributed by atoms with E-state index in [9.17, 15) is 19.5 Å². The summed E-state index contributed by atoms with van der Waals surface area (Å²) >= 11 is 0. The molecule has 0 saturated heterocycles. The van der Waals surface area contributed by atoms with Gasteiger partial charge in [0.05, 0.1) is 34.4 Å². The normalized spacial score (nSPS) is 13.1. The number of allylic oxidation sites excluding steroid dienone is 6. The molecule has 0 aliphatic rings. The molecule has 0 aromatic rings. The first kappa shape index (κ1) is 58.6. The maximum atomic E-state index is 12.8. The molecular formula is C53H98NO7+. The fourth-order valence-electron chi connectivity index (χ4n) is 7.55. The number of rotatable bonds is 46. The summed E-state index contributed by atoms with van der Waals surface area (Å²) in [6.07, 6.45) is 51.9. The summed E-state index contributed by atoms with van der Waals surface area (Å²) in [6, 6.07) is -0.616. The SMILES string of the molecule is CCCCC/C=C/C=C/CCCCCCCCCCCCC(=O)OCC(COCCC(C(=O)O)[N+](C)(C)C)OC(=O)CCCCCCC/C=C/CCCCCCCCCCC. The molecule has 0 saturated carbocycles. The van der Waals surface area contributed by atoms with Crippen molar-refractivity contribution in [3.05, 3.63) is 36.5 Å². The molecule has 2 atom stereocenters. The number of hydrogen-bond acceptors (Lipinski definition) is 6. The Bertz CT molecular complexity index is 1090. The van der Waals surface area contributed by atoms with Crippen molar-refractivity contribution in [2.45, 2.75) is 244 Å². The summed E-state index contributed by atoms with van der Waals surface area (Å²) in [5, 5.41) is 9.65. The van der Waals surface area contributed by atoms with Crippen molar-refractivity contribution < 1.29 is 38.2 Å². The highest BCUT2D eigenvalue weighted by Crippen LogP contribution is 2.15. The van der Waals surface area contributed by atoms with E-state index >= 15 is 0 Å². The molecule has 61 heavy (non-hydrogen) atoms. The van der Waals surface area contributed by atoms with Gasteiger partial charge in [-0.05, 0) is 64.2 Å². The number of carboxylic acids is 1. The average molecular weight is 861 g/mol. The van der Waals surface area contributed by atoms with Gasteiger partial charge in [0.2, 0.25) is 0 Å². The summed E-state index contributed by atoms with van der Waals surface area (Å²) < 4.78 is 17.3. The summed E-state index contributed by atoms with van der Waals surface area (Å²) in [7, 11) is 5.54. The zero-order chi connectivity index (χ0) is 44.9. The topological polar surface area (TPSA) is 99.1 Å². The van der Waals surface area contributed by atoms with Crippen LogP contribution in [0.5, 0.6) is 0 Å². The Morgan fingerprint density at radius 1 is 0.492 bits per heavy atom. The predicted octanol–water partition coefficient (Wildman–Crippen LogP) is 14.6. The highest BCUT2D eigenvalue weighted by molar-refractivity contribution is 5.72. The van der Waals surface area contributed by atoms with E-state index in [4.69, 9.17) is 14.2 Å². The van der Waals surface area contributed by atoms with Crippen molar-refractivity contribution in [2.24, 2.45) is 0 Å². The maximum Gasteiger partial charge on any atom is 0.362 e. The largest absolute Gasteiger partial charge is 0.477 e. The average Bonchev–Trinajstić information content (AvgIpc) is 3.22. The second-order valence-electron chi connectivity index (χ2n) is 18.4. The molecule has 0 aliphatic heterocycles. The molecule has 0 aliphatic carbocycles. The Kier molecular flexibility index (Phi) is 42.4. The van der Waals surface area contributed by atoms with Crippen LogP contribution in [0.15, 0.2) is 36.5 Å². The highest BCUT2D eigenvalue weighted by atomic mass is 16.6. The van der Waals surface area contributed by atoms with Gasteiger partial charge >= 0.3 is 17.9 Å². The van der Waals surface area contributed by atoms with E-state index < -0.39 is 18.1 Å². The number of quaternary nitrogens is 1. The lowest BCUT2D eigenvalue weighted by molar-refractivity contribution is -0.887. The van der Waals surface area contributed by atoms with Gasteiger partial charge in [-0.3, -0.25) is 9.59 Å². The molecule has 1 N–H and O–H groups in total. The van der Waals surface area contributed by atoms with Crippen LogP contribution in [-0.2, 0) is 28.6 Å². The van der Waals surface area contributed by atoms with Crippen molar-refractivity contribution in [3.8, 4) is 0 Å². The second kappa shape index (κ2) is 44.2. The van der Waals surface area contributed by atoms with Crippen LogP contribution in [0, 0.1) is 0 Å². The number of carboxylic acid groups (broad SMARTS) is 1. The Hall–Kier alpha value is -2.45. The van der Waals surface area contributed by atoms with Gasteiger partial charge < -0.3 is 23.8 Å². The number of hydrogen-bond donors (Lipinski definition) is 1. The minimum atomic E-state index is -0.875. The molecule has 0 spiro atoms. The molecular weight excluding hydrogens is 763 g/mol. The number of carbonyl (C=O) groups is 3. The number of unbranched alkanes of at least 4 members (excludes halogenated alkanes) is 27. The Morgan fingerprint density at radius 3 is 1.31 bits per heavy atom. The molecule has 0 aromatic carbocycles. The predicted molar refractivity (Wildman–Crippen MR) is 257 cm³/mol. The summed E-state index contributed by atoms with van der Waals surface area (Å²) in [6.45, 7) is 4.72. The van der Waals surface area contributed by atoms with E-state index in [2.05, 4.69) is 50.3 Å². The Balaban J connectivity index is 4.26. The van der Waals surface area contributed by atoms with Crippen molar-refractivity contribution in [3.63, 3.8) is 0 Å². The van der Waals surface area contributed by atoms with Gasteiger partial charge in [-0.25, -0.2) is 4.79 Å². The van der Waals surface area contributed by atoms with E-state index in [1.54, 1.807) is 0 Å². The quantitative estimate of drug-likeness (QED) is 0.0214. The van der Waals surface area contributed by atoms with Gasteiger partial charge in [0.15, 0.2) is 12.1 Å². The van der Waals surface area contributed by atoms with E-state index in [0.717, 1.165) is 51.4 Å². The Morgan fingerprint density at radius 2 is 0.869 bits per heavy atom. The van der Waals surface area contributed by atoms with Crippen LogP contribution in [0.2, 0.25) is 0 Å². The van der Waals surface area contributed by atoms with Crippen LogP contribution < -0.4 is 0 Å². The lowest BCUT2D eigenvalue weighted by atomic mass is 10.1. The molecule has 0 radical (unpaired) electrons. The molecule has 2 unspecified atom stereocenters. The van der Waals surface area contributed by atoms with Gasteiger partial charge in [-0.1, -0.05) is 185 Å². The van der Waals surface area contributed by atoms with Gasteiger partial charge in [-0.2, -0.15) is 0 Å². The van der Waals surface area contributed by atoms with Gasteiger partial charge in [0.1, 0.15) is 6.61 Å². The standard InChI is InChI=1S/C53H97NO7/c1-6-8-10-12-14-16-18-20-22-24-26-28-29-31-33-35-37-39-41-43-51(55)60-48-49(47-59-46-45-50(53(57)58)54(3,4)5)61-52(56)44-42-40-38-36-34-32-30-27-25-23-21-19-17-15-13-11-9-7-2/h14,16,18,20,27,30,49-50H,6-13,15,17,19,21-26,28-29,31-48H2,1-5H3/p+1/b16-14+,20-18+,30-27+. The second-order valence-corrected chi connectivity index (χ2v) is 18.4.